The van der Waals surface area contributed by atoms with E-state index in [4.69, 9.17) is 0 Å². The number of β-amino-alcohol motifs (C(OH)–C–C–N with tert-alkyl or cyclic N) is 1. The van der Waals surface area contributed by atoms with Crippen LogP contribution in [-0.2, 0) is 22.4 Å². The van der Waals surface area contributed by atoms with E-state index in [1.807, 2.05) is 30.3 Å². The molecule has 1 aliphatic heterocycles. The maximum atomic E-state index is 13.7. The number of likely N-dealkylation sites (tertiary alicyclic amines) is 1. The Bertz CT molecular complexity index is 870. The highest BCUT2D eigenvalue weighted by molar-refractivity contribution is 5.80. The van der Waals surface area contributed by atoms with Gasteiger partial charge in [-0.15, -0.1) is 0 Å². The van der Waals surface area contributed by atoms with Crippen LogP contribution in [0.15, 0.2) is 48.5 Å². The minimum Gasteiger partial charge on any atom is -0.481 e. The van der Waals surface area contributed by atoms with Crippen LogP contribution in [0.4, 0.5) is 4.39 Å². The number of piperidine rings is 1. The molecule has 1 heterocycles. The highest BCUT2D eigenvalue weighted by atomic mass is 19.1. The molecule has 0 spiro atoms. The number of carbonyl (C=O) groups excluding carboxylic acids is 1. The molecule has 3 rings (SSSR count). The third-order valence-corrected chi connectivity index (χ3v) is 5.59. The van der Waals surface area contributed by atoms with Crippen LogP contribution in [0.2, 0.25) is 0 Å². The lowest BCUT2D eigenvalue weighted by molar-refractivity contribution is -0.165. The van der Waals surface area contributed by atoms with Gasteiger partial charge in [0, 0.05) is 13.1 Å². The molecule has 6 heteroatoms. The Labute approximate surface area is 163 Å². The molecule has 0 unspecified atom stereocenters. The van der Waals surface area contributed by atoms with Crippen LogP contribution in [0.25, 0.3) is 0 Å². The maximum absolute atomic E-state index is 13.7. The normalized spacial score (nSPS) is 22.1. The van der Waals surface area contributed by atoms with E-state index < -0.39 is 17.5 Å². The number of aliphatic hydroxyl groups is 1. The molecule has 0 saturated carbocycles. The molecule has 0 aliphatic carbocycles. The van der Waals surface area contributed by atoms with Crippen LogP contribution in [0.3, 0.4) is 0 Å². The summed E-state index contributed by atoms with van der Waals surface area (Å²) < 4.78 is 13.7. The molecule has 5 nitrogen and oxygen atoms in total. The van der Waals surface area contributed by atoms with E-state index in [0.29, 0.717) is 11.1 Å². The number of hydrogen-bond donors (Lipinski definition) is 2. The second kappa shape index (κ2) is 8.10. The number of benzene rings is 2. The standard InChI is InChI=1S/C22H24FNO4/c1-15-7-8-17(11-18(15)23)12-20(26)24-10-9-22(21(27)28,19(25)14-24)13-16-5-3-2-4-6-16/h2-8,11,19,25H,9-10,12-14H2,1H3,(H,27,28)/t19-,22-/m1/s1. The van der Waals surface area contributed by atoms with E-state index in [1.54, 1.807) is 19.1 Å². The molecule has 2 aromatic carbocycles. The van der Waals surface area contributed by atoms with E-state index in [1.165, 1.54) is 11.0 Å². The molecular formula is C22H24FNO4. The summed E-state index contributed by atoms with van der Waals surface area (Å²) in [5, 5.41) is 20.5. The number of hydrogen-bond acceptors (Lipinski definition) is 3. The average Bonchev–Trinajstić information content (AvgIpc) is 2.67. The first kappa shape index (κ1) is 20.0. The van der Waals surface area contributed by atoms with Crippen LogP contribution >= 0.6 is 0 Å². The first-order chi connectivity index (χ1) is 13.3. The minimum atomic E-state index is -1.33. The van der Waals surface area contributed by atoms with Crippen molar-refractivity contribution in [3.05, 3.63) is 71.0 Å². The number of aliphatic carboxylic acids is 1. The van der Waals surface area contributed by atoms with E-state index in [-0.39, 0.29) is 44.1 Å². The monoisotopic (exact) mass is 385 g/mol. The van der Waals surface area contributed by atoms with Crippen molar-refractivity contribution in [2.45, 2.75) is 32.3 Å². The lowest BCUT2D eigenvalue weighted by Crippen LogP contribution is -2.57. The van der Waals surface area contributed by atoms with Gasteiger partial charge in [0.15, 0.2) is 0 Å². The Hall–Kier alpha value is -2.73. The van der Waals surface area contributed by atoms with Gasteiger partial charge in [0.05, 0.1) is 12.5 Å². The Balaban J connectivity index is 1.71. The molecule has 2 N–H and O–H groups in total. The molecule has 1 saturated heterocycles. The number of carboxylic acid groups (broad SMARTS) is 1. The Morgan fingerprint density at radius 3 is 2.50 bits per heavy atom. The second-order valence-electron chi connectivity index (χ2n) is 7.49. The van der Waals surface area contributed by atoms with Crippen LogP contribution in [0, 0.1) is 18.2 Å². The Morgan fingerprint density at radius 2 is 1.89 bits per heavy atom. The molecule has 1 aliphatic rings. The van der Waals surface area contributed by atoms with Crippen LogP contribution < -0.4 is 0 Å². The summed E-state index contributed by atoms with van der Waals surface area (Å²) in [5.41, 5.74) is 0.575. The predicted molar refractivity (Wildman–Crippen MR) is 102 cm³/mol. The van der Waals surface area contributed by atoms with Gasteiger partial charge in [-0.1, -0.05) is 42.5 Å². The highest BCUT2D eigenvalue weighted by Gasteiger charge is 2.49. The highest BCUT2D eigenvalue weighted by Crippen LogP contribution is 2.36. The topological polar surface area (TPSA) is 77.8 Å². The largest absolute Gasteiger partial charge is 0.481 e. The van der Waals surface area contributed by atoms with Crippen LogP contribution in [-0.4, -0.2) is 46.2 Å². The van der Waals surface area contributed by atoms with Gasteiger partial charge in [-0.05, 0) is 42.5 Å². The van der Waals surface area contributed by atoms with Gasteiger partial charge >= 0.3 is 5.97 Å². The zero-order chi connectivity index (χ0) is 20.3. The van der Waals surface area contributed by atoms with Crippen molar-refractivity contribution in [3.8, 4) is 0 Å². The summed E-state index contributed by atoms with van der Waals surface area (Å²) in [6.45, 7) is 1.84. The molecule has 148 valence electrons. The van der Waals surface area contributed by atoms with Crippen LogP contribution in [0.5, 0.6) is 0 Å². The second-order valence-corrected chi connectivity index (χ2v) is 7.49. The quantitative estimate of drug-likeness (QED) is 0.829. The van der Waals surface area contributed by atoms with Crippen molar-refractivity contribution >= 4 is 11.9 Å². The van der Waals surface area contributed by atoms with Crippen molar-refractivity contribution < 1.29 is 24.2 Å². The summed E-state index contributed by atoms with van der Waals surface area (Å²) in [4.78, 5) is 26.1. The number of amides is 1. The number of rotatable bonds is 5. The molecule has 1 fully saturated rings. The minimum absolute atomic E-state index is 0.0165. The lowest BCUT2D eigenvalue weighted by Gasteiger charge is -2.43. The van der Waals surface area contributed by atoms with Crippen molar-refractivity contribution in [2.75, 3.05) is 13.1 Å². The zero-order valence-electron chi connectivity index (χ0n) is 15.8. The van der Waals surface area contributed by atoms with E-state index in [9.17, 15) is 24.2 Å². The predicted octanol–water partition coefficient (Wildman–Crippen LogP) is 2.58. The Kier molecular flexibility index (Phi) is 5.79. The first-order valence-electron chi connectivity index (χ1n) is 9.30. The van der Waals surface area contributed by atoms with Gasteiger partial charge in [0.1, 0.15) is 11.2 Å². The third-order valence-electron chi connectivity index (χ3n) is 5.59. The number of carboxylic acids is 1. The van der Waals surface area contributed by atoms with Crippen LogP contribution in [0.1, 0.15) is 23.1 Å². The number of carbonyl (C=O) groups is 2. The number of aliphatic hydroxyl groups excluding tert-OH is 1. The molecule has 0 bridgehead atoms. The molecule has 0 radical (unpaired) electrons. The van der Waals surface area contributed by atoms with Gasteiger partial charge in [-0.3, -0.25) is 9.59 Å². The van der Waals surface area contributed by atoms with Gasteiger partial charge in [-0.2, -0.15) is 0 Å². The van der Waals surface area contributed by atoms with Crippen molar-refractivity contribution in [1.82, 2.24) is 4.90 Å². The molecule has 2 atom stereocenters. The van der Waals surface area contributed by atoms with E-state index >= 15 is 0 Å². The number of aryl methyl sites for hydroxylation is 1. The summed E-state index contributed by atoms with van der Waals surface area (Å²) in [6.07, 6.45) is -0.803. The zero-order valence-corrected chi connectivity index (χ0v) is 15.8. The van der Waals surface area contributed by atoms with Crippen molar-refractivity contribution in [2.24, 2.45) is 5.41 Å². The summed E-state index contributed by atoms with van der Waals surface area (Å²) in [6, 6.07) is 13.8. The Morgan fingerprint density at radius 1 is 1.18 bits per heavy atom. The average molecular weight is 385 g/mol. The SMILES string of the molecule is Cc1ccc(CC(=O)N2CC[C@](Cc3ccccc3)(C(=O)O)[C@H](O)C2)cc1F. The molecule has 28 heavy (non-hydrogen) atoms. The molecule has 0 aromatic heterocycles. The summed E-state index contributed by atoms with van der Waals surface area (Å²) >= 11 is 0. The van der Waals surface area contributed by atoms with E-state index in [0.717, 1.165) is 5.56 Å². The first-order valence-corrected chi connectivity index (χ1v) is 9.30. The smallest absolute Gasteiger partial charge is 0.312 e. The van der Waals surface area contributed by atoms with Gasteiger partial charge in [0.2, 0.25) is 5.91 Å². The molecule has 2 aromatic rings. The molecule has 1 amide bonds. The van der Waals surface area contributed by atoms with E-state index in [2.05, 4.69) is 0 Å². The maximum Gasteiger partial charge on any atom is 0.312 e. The van der Waals surface area contributed by atoms with Gasteiger partial charge in [0.25, 0.3) is 0 Å². The fourth-order valence-corrected chi connectivity index (χ4v) is 3.73. The number of halogens is 1. The number of nitrogens with zero attached hydrogens (tertiary/aromatic N) is 1. The summed E-state index contributed by atoms with van der Waals surface area (Å²) in [7, 11) is 0. The van der Waals surface area contributed by atoms with Gasteiger partial charge < -0.3 is 15.1 Å². The van der Waals surface area contributed by atoms with Crippen molar-refractivity contribution in [1.29, 1.82) is 0 Å². The summed E-state index contributed by atoms with van der Waals surface area (Å²) in [5.74, 6) is -1.67. The van der Waals surface area contributed by atoms with Crippen molar-refractivity contribution in [3.63, 3.8) is 0 Å². The fourth-order valence-electron chi connectivity index (χ4n) is 3.73. The van der Waals surface area contributed by atoms with Gasteiger partial charge in [-0.25, -0.2) is 4.39 Å². The third kappa shape index (κ3) is 4.07. The lowest BCUT2D eigenvalue weighted by atomic mass is 9.71. The fraction of sp³-hybridized carbons (Fsp3) is 0.364. The molecular weight excluding hydrogens is 361 g/mol.